The van der Waals surface area contributed by atoms with Gasteiger partial charge in [0, 0.05) is 55.2 Å². The number of carbonyl (C=O) groups excluding carboxylic acids is 2. The van der Waals surface area contributed by atoms with Crippen LogP contribution in [0.15, 0.2) is 53.7 Å². The van der Waals surface area contributed by atoms with Gasteiger partial charge >= 0.3 is 0 Å². The number of carbonyl (C=O) groups is 2. The molecule has 2 aliphatic rings. The van der Waals surface area contributed by atoms with Crippen LogP contribution in [0.2, 0.25) is 5.02 Å². The van der Waals surface area contributed by atoms with Crippen LogP contribution < -0.4 is 15.8 Å². The Morgan fingerprint density at radius 3 is 2.62 bits per heavy atom. The maximum absolute atomic E-state index is 13.4. The number of amides is 2. The van der Waals surface area contributed by atoms with Gasteiger partial charge in [-0.2, -0.15) is 4.72 Å². The average Bonchev–Trinajstić information content (AvgIpc) is 3.30. The maximum atomic E-state index is 13.4. The summed E-state index contributed by atoms with van der Waals surface area (Å²) in [7, 11) is -3.96. The van der Waals surface area contributed by atoms with Crippen molar-refractivity contribution in [3.8, 4) is 0 Å². The van der Waals surface area contributed by atoms with Gasteiger partial charge in [-0.15, -0.1) is 0 Å². The zero-order valence-electron chi connectivity index (χ0n) is 22.1. The molecule has 2 amide bonds. The molecule has 3 atom stereocenters. The van der Waals surface area contributed by atoms with Crippen molar-refractivity contribution in [3.05, 3.63) is 59.4 Å². The summed E-state index contributed by atoms with van der Waals surface area (Å²) in [5.41, 5.74) is 6.44. The van der Waals surface area contributed by atoms with Gasteiger partial charge in [0.25, 0.3) is 0 Å². The van der Waals surface area contributed by atoms with E-state index in [0.717, 1.165) is 29.2 Å². The fourth-order valence-electron chi connectivity index (χ4n) is 5.27. The standard InChI is InChI=1S/C27H32ClN7O4S/c1-17(25(36)34-9-2-3-22(16-34)30-13-18-14-31-27(29)32-15-18)35-10-8-24(26(35)37)33-40(38,39)23-7-5-19-11-21(28)6-4-20(19)12-23/h4-7,11-12,14-15,17,22,24,30,33H,2-3,8-10,13,16H2,1H3,(H2,29,31,32)/t17-,22?,24-/m0/s1. The summed E-state index contributed by atoms with van der Waals surface area (Å²) in [5, 5.41) is 5.54. The molecule has 0 spiro atoms. The lowest BCUT2D eigenvalue weighted by molar-refractivity contribution is -0.144. The molecular formula is C27H32ClN7O4S. The van der Waals surface area contributed by atoms with Crippen LogP contribution >= 0.6 is 11.6 Å². The van der Waals surface area contributed by atoms with Gasteiger partial charge in [0.1, 0.15) is 12.1 Å². The number of nitrogen functional groups attached to an aromatic ring is 1. The van der Waals surface area contributed by atoms with Crippen LogP contribution in [0.5, 0.6) is 0 Å². The van der Waals surface area contributed by atoms with Crippen molar-refractivity contribution in [2.45, 2.75) is 55.8 Å². The van der Waals surface area contributed by atoms with Crippen molar-refractivity contribution < 1.29 is 18.0 Å². The number of nitrogens with zero attached hydrogens (tertiary/aromatic N) is 4. The number of aromatic nitrogens is 2. The number of halogens is 1. The average molecular weight is 586 g/mol. The number of hydrogen-bond acceptors (Lipinski definition) is 8. The first-order valence-corrected chi connectivity index (χ1v) is 15.1. The zero-order chi connectivity index (χ0) is 28.4. The second kappa shape index (κ2) is 11.7. The second-order valence-corrected chi connectivity index (χ2v) is 12.4. The first kappa shape index (κ1) is 28.2. The Morgan fingerprint density at radius 1 is 1.12 bits per heavy atom. The lowest BCUT2D eigenvalue weighted by Gasteiger charge is -2.36. The van der Waals surface area contributed by atoms with E-state index in [1.165, 1.54) is 11.0 Å². The van der Waals surface area contributed by atoms with E-state index >= 15 is 0 Å². The first-order chi connectivity index (χ1) is 19.1. The predicted molar refractivity (Wildman–Crippen MR) is 152 cm³/mol. The number of benzene rings is 2. The predicted octanol–water partition coefficient (Wildman–Crippen LogP) is 1.91. The van der Waals surface area contributed by atoms with Gasteiger partial charge in [-0.1, -0.05) is 23.7 Å². The maximum Gasteiger partial charge on any atom is 0.245 e. The summed E-state index contributed by atoms with van der Waals surface area (Å²) in [4.78, 5) is 37.9. The van der Waals surface area contributed by atoms with E-state index in [1.807, 2.05) is 0 Å². The molecule has 2 aliphatic heterocycles. The van der Waals surface area contributed by atoms with Crippen LogP contribution in [0.1, 0.15) is 31.7 Å². The number of piperidine rings is 1. The van der Waals surface area contributed by atoms with Crippen molar-refractivity contribution in [3.63, 3.8) is 0 Å². The second-order valence-electron chi connectivity index (χ2n) is 10.3. The topological polar surface area (TPSA) is 151 Å². The quantitative estimate of drug-likeness (QED) is 0.363. The lowest BCUT2D eigenvalue weighted by atomic mass is 10.0. The Labute approximate surface area is 238 Å². The molecule has 13 heteroatoms. The van der Waals surface area contributed by atoms with E-state index < -0.39 is 28.0 Å². The van der Waals surface area contributed by atoms with Gasteiger partial charge in [-0.05, 0) is 61.2 Å². The van der Waals surface area contributed by atoms with E-state index in [1.54, 1.807) is 54.5 Å². The number of nitrogens with one attached hydrogen (secondary N) is 2. The van der Waals surface area contributed by atoms with Gasteiger partial charge < -0.3 is 20.9 Å². The summed E-state index contributed by atoms with van der Waals surface area (Å²) in [5.74, 6) is -0.322. The summed E-state index contributed by atoms with van der Waals surface area (Å²) in [6.07, 6.45) is 5.38. The molecule has 212 valence electrons. The van der Waals surface area contributed by atoms with Crippen molar-refractivity contribution in [2.75, 3.05) is 25.4 Å². The minimum atomic E-state index is -3.96. The summed E-state index contributed by atoms with van der Waals surface area (Å²) in [6.45, 7) is 3.68. The largest absolute Gasteiger partial charge is 0.368 e. The van der Waals surface area contributed by atoms with E-state index in [0.29, 0.717) is 31.2 Å². The minimum Gasteiger partial charge on any atom is -0.368 e. The number of hydrogen-bond donors (Lipinski definition) is 3. The highest BCUT2D eigenvalue weighted by Crippen LogP contribution is 2.24. The third kappa shape index (κ3) is 6.20. The highest BCUT2D eigenvalue weighted by Gasteiger charge is 2.40. The highest BCUT2D eigenvalue weighted by atomic mass is 35.5. The molecule has 1 aromatic heterocycles. The molecule has 0 saturated carbocycles. The summed E-state index contributed by atoms with van der Waals surface area (Å²) in [6, 6.07) is 8.39. The third-order valence-electron chi connectivity index (χ3n) is 7.50. The summed E-state index contributed by atoms with van der Waals surface area (Å²) >= 11 is 6.03. The van der Waals surface area contributed by atoms with Crippen LogP contribution in [0.4, 0.5) is 5.95 Å². The number of likely N-dealkylation sites (tertiary alicyclic amines) is 2. The molecule has 5 rings (SSSR count). The molecular weight excluding hydrogens is 554 g/mol. The number of sulfonamides is 1. The first-order valence-electron chi connectivity index (χ1n) is 13.2. The zero-order valence-corrected chi connectivity index (χ0v) is 23.7. The fourth-order valence-corrected chi connectivity index (χ4v) is 6.71. The van der Waals surface area contributed by atoms with Crippen molar-refractivity contribution >= 4 is 50.2 Å². The molecule has 2 aromatic carbocycles. The van der Waals surface area contributed by atoms with Crippen LogP contribution in [0.3, 0.4) is 0 Å². The monoisotopic (exact) mass is 585 g/mol. The number of rotatable bonds is 8. The van der Waals surface area contributed by atoms with E-state index in [2.05, 4.69) is 20.0 Å². The number of fused-ring (bicyclic) bond motifs is 1. The third-order valence-corrected chi connectivity index (χ3v) is 9.20. The van der Waals surface area contributed by atoms with Crippen LogP contribution in [-0.2, 0) is 26.2 Å². The van der Waals surface area contributed by atoms with E-state index in [9.17, 15) is 18.0 Å². The summed E-state index contributed by atoms with van der Waals surface area (Å²) < 4.78 is 28.8. The van der Waals surface area contributed by atoms with Crippen LogP contribution in [-0.4, -0.2) is 77.8 Å². The van der Waals surface area contributed by atoms with Crippen molar-refractivity contribution in [1.82, 2.24) is 29.8 Å². The van der Waals surface area contributed by atoms with Gasteiger partial charge in [-0.25, -0.2) is 18.4 Å². The smallest absolute Gasteiger partial charge is 0.245 e. The minimum absolute atomic E-state index is 0.0649. The molecule has 3 heterocycles. The van der Waals surface area contributed by atoms with Gasteiger partial charge in [0.05, 0.1) is 4.90 Å². The molecule has 11 nitrogen and oxygen atoms in total. The Kier molecular flexibility index (Phi) is 8.22. The molecule has 4 N–H and O–H groups in total. The van der Waals surface area contributed by atoms with Gasteiger partial charge in [-0.3, -0.25) is 9.59 Å². The van der Waals surface area contributed by atoms with Crippen LogP contribution in [0.25, 0.3) is 10.8 Å². The highest BCUT2D eigenvalue weighted by molar-refractivity contribution is 7.89. The molecule has 0 radical (unpaired) electrons. The SMILES string of the molecule is C[C@@H](C(=O)N1CCCC(NCc2cnc(N)nc2)C1)N1CC[C@H](NS(=O)(=O)c2ccc3cc(Cl)ccc3c2)C1=O. The molecule has 2 saturated heterocycles. The van der Waals surface area contributed by atoms with Crippen molar-refractivity contribution in [2.24, 2.45) is 0 Å². The molecule has 0 aliphatic carbocycles. The molecule has 40 heavy (non-hydrogen) atoms. The fraction of sp³-hybridized carbons (Fsp3) is 0.407. The number of anilines is 1. The molecule has 1 unspecified atom stereocenters. The van der Waals surface area contributed by atoms with Crippen LogP contribution in [0, 0.1) is 0 Å². The van der Waals surface area contributed by atoms with Gasteiger partial charge in [0.15, 0.2) is 0 Å². The Hall–Kier alpha value is -3.32. The molecule has 0 bridgehead atoms. The van der Waals surface area contributed by atoms with E-state index in [4.69, 9.17) is 17.3 Å². The molecule has 2 fully saturated rings. The molecule has 3 aromatic rings. The van der Waals surface area contributed by atoms with Crippen molar-refractivity contribution in [1.29, 1.82) is 0 Å². The lowest BCUT2D eigenvalue weighted by Crippen LogP contribution is -2.54. The Balaban J connectivity index is 1.18. The Morgan fingerprint density at radius 2 is 1.85 bits per heavy atom. The Bertz CT molecular complexity index is 1520. The van der Waals surface area contributed by atoms with E-state index in [-0.39, 0.29) is 29.2 Å². The number of nitrogens with two attached hydrogens (primary N) is 1. The normalized spacial score (nSPS) is 20.7. The van der Waals surface area contributed by atoms with Gasteiger partial charge in [0.2, 0.25) is 27.8 Å².